The molecule has 0 bridgehead atoms. The van der Waals surface area contributed by atoms with Gasteiger partial charge in [0.05, 0.1) is 0 Å². The summed E-state index contributed by atoms with van der Waals surface area (Å²) in [5.41, 5.74) is 2.15. The summed E-state index contributed by atoms with van der Waals surface area (Å²) in [6.07, 6.45) is 5.25. The maximum absolute atomic E-state index is 11.0. The molecule has 0 saturated heterocycles. The van der Waals surface area contributed by atoms with Gasteiger partial charge in [-0.25, -0.2) is 0 Å². The fourth-order valence-corrected chi connectivity index (χ4v) is 2.58. The molecule has 27 heavy (non-hydrogen) atoms. The van der Waals surface area contributed by atoms with Gasteiger partial charge in [0.25, 0.3) is 0 Å². The molecule has 0 spiro atoms. The van der Waals surface area contributed by atoms with E-state index in [0.29, 0.717) is 28.4 Å². The Kier molecular flexibility index (Phi) is 5.16. The number of carbonyl (C=O) groups excluding carboxylic acids is 1. The summed E-state index contributed by atoms with van der Waals surface area (Å²) in [6.45, 7) is 1.35. The summed E-state index contributed by atoms with van der Waals surface area (Å²) in [5, 5.41) is 18.5. The van der Waals surface area contributed by atoms with Crippen molar-refractivity contribution in [3.8, 4) is 23.6 Å². The van der Waals surface area contributed by atoms with Crippen LogP contribution in [0.1, 0.15) is 18.1 Å². The van der Waals surface area contributed by atoms with Gasteiger partial charge in [-0.3, -0.25) is 4.79 Å². The van der Waals surface area contributed by atoms with Crippen LogP contribution < -0.4 is 9.47 Å². The lowest BCUT2D eigenvalue weighted by Crippen LogP contribution is -2.03. The maximum Gasteiger partial charge on any atom is 0.308 e. The SMILES string of the molecule is CC(=O)Oc1ccc(/C=C/C2=CC(=C(C#N)C#N)c3ccccc3O2)cc1. The molecule has 1 heterocycles. The average molecular weight is 354 g/mol. The topological polar surface area (TPSA) is 83.1 Å². The number of carbonyl (C=O) groups is 1. The molecule has 1 aliphatic heterocycles. The zero-order valence-corrected chi connectivity index (χ0v) is 14.5. The number of benzene rings is 2. The third kappa shape index (κ3) is 4.12. The number of nitriles is 2. The monoisotopic (exact) mass is 354 g/mol. The van der Waals surface area contributed by atoms with Crippen molar-refractivity contribution in [2.75, 3.05) is 0 Å². The molecule has 1 aliphatic rings. The molecule has 2 aromatic carbocycles. The number of fused-ring (bicyclic) bond motifs is 1. The normalized spacial score (nSPS) is 12.3. The van der Waals surface area contributed by atoms with Crippen molar-refractivity contribution in [2.24, 2.45) is 0 Å². The van der Waals surface area contributed by atoms with Crippen LogP contribution in [0.2, 0.25) is 0 Å². The highest BCUT2D eigenvalue weighted by molar-refractivity contribution is 5.87. The predicted molar refractivity (Wildman–Crippen MR) is 100 cm³/mol. The van der Waals surface area contributed by atoms with Crippen molar-refractivity contribution in [3.05, 3.63) is 83.1 Å². The fourth-order valence-electron chi connectivity index (χ4n) is 2.58. The van der Waals surface area contributed by atoms with Crippen LogP contribution in [-0.4, -0.2) is 5.97 Å². The third-order valence-corrected chi connectivity index (χ3v) is 3.77. The molecule has 0 aromatic heterocycles. The van der Waals surface area contributed by atoms with Crippen LogP contribution in [0.4, 0.5) is 0 Å². The summed E-state index contributed by atoms with van der Waals surface area (Å²) in [4.78, 5) is 11.0. The maximum atomic E-state index is 11.0. The summed E-state index contributed by atoms with van der Waals surface area (Å²) >= 11 is 0. The van der Waals surface area contributed by atoms with Gasteiger partial charge < -0.3 is 9.47 Å². The molecule has 0 saturated carbocycles. The molecule has 3 rings (SSSR count). The zero-order valence-electron chi connectivity index (χ0n) is 14.5. The lowest BCUT2D eigenvalue weighted by atomic mass is 9.97. The number of ether oxygens (including phenoxy) is 2. The lowest BCUT2D eigenvalue weighted by molar-refractivity contribution is -0.131. The quantitative estimate of drug-likeness (QED) is 0.463. The van der Waals surface area contributed by atoms with Crippen molar-refractivity contribution in [1.82, 2.24) is 0 Å². The van der Waals surface area contributed by atoms with Crippen LogP contribution in [-0.2, 0) is 4.79 Å². The van der Waals surface area contributed by atoms with E-state index in [1.807, 2.05) is 36.4 Å². The van der Waals surface area contributed by atoms with E-state index < -0.39 is 0 Å². The number of hydrogen-bond donors (Lipinski definition) is 0. The van der Waals surface area contributed by atoms with E-state index in [4.69, 9.17) is 9.47 Å². The number of hydrogen-bond acceptors (Lipinski definition) is 5. The molecule has 2 aromatic rings. The highest BCUT2D eigenvalue weighted by Gasteiger charge is 2.18. The molecule has 0 N–H and O–H groups in total. The van der Waals surface area contributed by atoms with Crippen molar-refractivity contribution in [1.29, 1.82) is 10.5 Å². The molecule has 130 valence electrons. The van der Waals surface area contributed by atoms with E-state index in [2.05, 4.69) is 0 Å². The zero-order chi connectivity index (χ0) is 19.2. The van der Waals surface area contributed by atoms with Gasteiger partial charge >= 0.3 is 5.97 Å². The van der Waals surface area contributed by atoms with E-state index in [1.54, 1.807) is 42.5 Å². The van der Waals surface area contributed by atoms with E-state index in [-0.39, 0.29) is 11.5 Å². The van der Waals surface area contributed by atoms with Gasteiger partial charge in [-0.05, 0) is 35.9 Å². The van der Waals surface area contributed by atoms with E-state index in [0.717, 1.165) is 5.56 Å². The van der Waals surface area contributed by atoms with Gasteiger partial charge in [-0.2, -0.15) is 10.5 Å². The smallest absolute Gasteiger partial charge is 0.308 e. The second kappa shape index (κ2) is 7.86. The summed E-state index contributed by atoms with van der Waals surface area (Å²) in [5.74, 6) is 1.20. The van der Waals surface area contributed by atoms with Crippen LogP contribution in [0.15, 0.2) is 72.0 Å². The van der Waals surface area contributed by atoms with Gasteiger partial charge in [0.15, 0.2) is 0 Å². The Balaban J connectivity index is 1.90. The van der Waals surface area contributed by atoms with Crippen molar-refractivity contribution < 1.29 is 14.3 Å². The van der Waals surface area contributed by atoms with E-state index >= 15 is 0 Å². The lowest BCUT2D eigenvalue weighted by Gasteiger charge is -2.18. The van der Waals surface area contributed by atoms with Crippen LogP contribution in [0.25, 0.3) is 11.6 Å². The standard InChI is InChI=1S/C22H14N2O3/c1-15(25)26-18-9-6-16(7-10-18)8-11-19-12-21(17(13-23)14-24)20-4-2-3-5-22(20)27-19/h2-12H,1H3/b11-8+. The molecule has 0 aliphatic carbocycles. The highest BCUT2D eigenvalue weighted by atomic mass is 16.5. The Labute approximate surface area is 156 Å². The van der Waals surface area contributed by atoms with Crippen LogP contribution in [0.5, 0.6) is 11.5 Å². The number of rotatable bonds is 3. The number of allylic oxidation sites excluding steroid dienone is 4. The van der Waals surface area contributed by atoms with E-state index in [9.17, 15) is 15.3 Å². The molecule has 0 unspecified atom stereocenters. The summed E-state index contributed by atoms with van der Waals surface area (Å²) < 4.78 is 10.9. The first-order valence-corrected chi connectivity index (χ1v) is 8.10. The highest BCUT2D eigenvalue weighted by Crippen LogP contribution is 2.35. The molecule has 5 heteroatoms. The number of esters is 1. The minimum absolute atomic E-state index is 0.0300. The Bertz CT molecular complexity index is 1050. The van der Waals surface area contributed by atoms with E-state index in [1.165, 1.54) is 6.92 Å². The molecule has 0 atom stereocenters. The molecular formula is C22H14N2O3. The Morgan fingerprint density at radius 1 is 1.04 bits per heavy atom. The molecule has 0 fully saturated rings. The Morgan fingerprint density at radius 2 is 1.74 bits per heavy atom. The van der Waals surface area contributed by atoms with Crippen molar-refractivity contribution >= 4 is 17.6 Å². The van der Waals surface area contributed by atoms with Gasteiger partial charge in [0, 0.05) is 18.1 Å². The van der Waals surface area contributed by atoms with Gasteiger partial charge in [-0.1, -0.05) is 36.4 Å². The third-order valence-electron chi connectivity index (χ3n) is 3.77. The fraction of sp³-hybridized carbons (Fsp3) is 0.0455. The first-order valence-electron chi connectivity index (χ1n) is 8.10. The van der Waals surface area contributed by atoms with Gasteiger partial charge in [0.2, 0.25) is 0 Å². The van der Waals surface area contributed by atoms with Gasteiger partial charge in [0.1, 0.15) is 35.0 Å². The molecule has 0 radical (unpaired) electrons. The predicted octanol–water partition coefficient (Wildman–Crippen LogP) is 4.40. The minimum Gasteiger partial charge on any atom is -0.457 e. The van der Waals surface area contributed by atoms with Crippen LogP contribution >= 0.6 is 0 Å². The summed E-state index contributed by atoms with van der Waals surface area (Å²) in [6, 6.07) is 18.1. The van der Waals surface area contributed by atoms with Crippen molar-refractivity contribution in [3.63, 3.8) is 0 Å². The number of para-hydroxylation sites is 1. The first-order chi connectivity index (χ1) is 13.1. The summed E-state index contributed by atoms with van der Waals surface area (Å²) in [7, 11) is 0. The Hall–Kier alpha value is -4.09. The second-order valence-electron chi connectivity index (χ2n) is 5.65. The average Bonchev–Trinajstić information content (AvgIpc) is 2.68. The Morgan fingerprint density at radius 3 is 2.41 bits per heavy atom. The second-order valence-corrected chi connectivity index (χ2v) is 5.65. The molecule has 0 amide bonds. The van der Waals surface area contributed by atoms with Crippen LogP contribution in [0, 0.1) is 22.7 Å². The number of nitrogens with zero attached hydrogens (tertiary/aromatic N) is 2. The molecule has 5 nitrogen and oxygen atoms in total. The molecular weight excluding hydrogens is 340 g/mol. The minimum atomic E-state index is -0.372. The van der Waals surface area contributed by atoms with Crippen LogP contribution in [0.3, 0.4) is 0 Å². The van der Waals surface area contributed by atoms with Crippen molar-refractivity contribution in [2.45, 2.75) is 6.92 Å². The first kappa shape index (κ1) is 17.7. The van der Waals surface area contributed by atoms with Gasteiger partial charge in [-0.15, -0.1) is 0 Å². The largest absolute Gasteiger partial charge is 0.457 e.